The van der Waals surface area contributed by atoms with E-state index in [1.54, 1.807) is 11.9 Å². The molecule has 3 N–H and O–H groups in total. The van der Waals surface area contributed by atoms with Gasteiger partial charge in [0.05, 0.1) is 19.0 Å². The van der Waals surface area contributed by atoms with E-state index in [4.69, 9.17) is 11.1 Å². The molecule has 0 aromatic rings. The van der Waals surface area contributed by atoms with Gasteiger partial charge in [-0.25, -0.2) is 5.84 Å². The molecule has 0 aliphatic carbocycles. The first-order chi connectivity index (χ1) is 5.61. The summed E-state index contributed by atoms with van der Waals surface area (Å²) in [5.41, 5.74) is 2.03. The van der Waals surface area contributed by atoms with Crippen molar-refractivity contribution in [2.24, 2.45) is 5.84 Å². The molecule has 1 atom stereocenters. The average molecular weight is 170 g/mol. The van der Waals surface area contributed by atoms with Crippen LogP contribution in [0.3, 0.4) is 0 Å². The first kappa shape index (κ1) is 10.9. The molecule has 0 saturated carbocycles. The van der Waals surface area contributed by atoms with Crippen molar-refractivity contribution < 1.29 is 4.79 Å². The van der Waals surface area contributed by atoms with Crippen LogP contribution in [0, 0.1) is 11.3 Å². The summed E-state index contributed by atoms with van der Waals surface area (Å²) in [5, 5.41) is 8.37. The maximum atomic E-state index is 10.8. The van der Waals surface area contributed by atoms with Gasteiger partial charge >= 0.3 is 0 Å². The Hall–Kier alpha value is -1.12. The normalized spacial score (nSPS) is 12.2. The average Bonchev–Trinajstić information content (AvgIpc) is 2.04. The van der Waals surface area contributed by atoms with Gasteiger partial charge in [0.2, 0.25) is 5.91 Å². The molecule has 0 bridgehead atoms. The number of carbonyl (C=O) groups excluding carboxylic acids is 1. The van der Waals surface area contributed by atoms with Crippen LogP contribution in [0.25, 0.3) is 0 Å². The minimum absolute atomic E-state index is 0.0762. The van der Waals surface area contributed by atoms with Crippen molar-refractivity contribution in [2.75, 3.05) is 13.6 Å². The Morgan fingerprint density at radius 2 is 2.42 bits per heavy atom. The lowest BCUT2D eigenvalue weighted by Crippen LogP contribution is -2.41. The molecular weight excluding hydrogens is 156 g/mol. The van der Waals surface area contributed by atoms with Crippen molar-refractivity contribution in [2.45, 2.75) is 19.4 Å². The van der Waals surface area contributed by atoms with E-state index in [-0.39, 0.29) is 18.5 Å². The summed E-state index contributed by atoms with van der Waals surface area (Å²) in [6.07, 6.45) is 0.411. The number of carbonyl (C=O) groups is 1. The second-order valence-corrected chi connectivity index (χ2v) is 2.69. The van der Waals surface area contributed by atoms with Crippen molar-refractivity contribution in [1.29, 1.82) is 5.26 Å². The fourth-order valence-electron chi connectivity index (χ4n) is 0.716. The van der Waals surface area contributed by atoms with Gasteiger partial charge in [-0.05, 0) is 14.0 Å². The zero-order valence-corrected chi connectivity index (χ0v) is 7.37. The number of likely N-dealkylation sites (N-methyl/N-ethyl adjacent to an activating group) is 1. The number of hydrogen-bond acceptors (Lipinski definition) is 4. The molecule has 0 heterocycles. The number of rotatable bonds is 4. The Balaban J connectivity index is 3.79. The number of nitrogens with zero attached hydrogens (tertiary/aromatic N) is 2. The standard InChI is InChI=1S/C7H14N4O/c1-6(3-4-8)11(2)5-7(12)10-9/h6H,3,5,9H2,1-2H3,(H,10,12). The minimum Gasteiger partial charge on any atom is -0.294 e. The summed E-state index contributed by atoms with van der Waals surface area (Å²) in [7, 11) is 1.78. The zero-order chi connectivity index (χ0) is 9.56. The highest BCUT2D eigenvalue weighted by atomic mass is 16.2. The largest absolute Gasteiger partial charge is 0.294 e. The van der Waals surface area contributed by atoms with Crippen LogP contribution in [-0.4, -0.2) is 30.4 Å². The molecular formula is C7H14N4O. The van der Waals surface area contributed by atoms with E-state index in [0.717, 1.165) is 0 Å². The van der Waals surface area contributed by atoms with E-state index in [1.165, 1.54) is 0 Å². The van der Waals surface area contributed by atoms with Gasteiger partial charge in [0.25, 0.3) is 0 Å². The molecule has 0 aromatic heterocycles. The van der Waals surface area contributed by atoms with Gasteiger partial charge in [0.1, 0.15) is 0 Å². The van der Waals surface area contributed by atoms with E-state index in [9.17, 15) is 4.79 Å². The van der Waals surface area contributed by atoms with Crippen molar-refractivity contribution in [3.8, 4) is 6.07 Å². The number of hydrogen-bond donors (Lipinski definition) is 2. The molecule has 0 radical (unpaired) electrons. The quantitative estimate of drug-likeness (QED) is 0.329. The van der Waals surface area contributed by atoms with Gasteiger partial charge in [0, 0.05) is 6.04 Å². The fourth-order valence-corrected chi connectivity index (χ4v) is 0.716. The first-order valence-electron chi connectivity index (χ1n) is 3.68. The number of hydrazine groups is 1. The number of amides is 1. The minimum atomic E-state index is -0.248. The number of nitrogens with one attached hydrogen (secondary N) is 1. The topological polar surface area (TPSA) is 82.2 Å². The predicted molar refractivity (Wildman–Crippen MR) is 44.7 cm³/mol. The summed E-state index contributed by atoms with van der Waals surface area (Å²) in [6.45, 7) is 2.10. The van der Waals surface area contributed by atoms with E-state index in [0.29, 0.717) is 6.42 Å². The van der Waals surface area contributed by atoms with Crippen LogP contribution in [0.15, 0.2) is 0 Å². The van der Waals surface area contributed by atoms with E-state index in [2.05, 4.69) is 0 Å². The maximum Gasteiger partial charge on any atom is 0.248 e. The Morgan fingerprint density at radius 1 is 1.83 bits per heavy atom. The molecule has 5 heteroatoms. The third-order valence-corrected chi connectivity index (χ3v) is 1.69. The molecule has 12 heavy (non-hydrogen) atoms. The van der Waals surface area contributed by atoms with Crippen molar-refractivity contribution in [3.63, 3.8) is 0 Å². The lowest BCUT2D eigenvalue weighted by atomic mass is 10.2. The van der Waals surface area contributed by atoms with Crippen LogP contribution in [0.1, 0.15) is 13.3 Å². The van der Waals surface area contributed by atoms with Gasteiger partial charge in [-0.2, -0.15) is 5.26 Å². The Kier molecular flexibility index (Phi) is 5.00. The zero-order valence-electron chi connectivity index (χ0n) is 7.37. The van der Waals surface area contributed by atoms with Crippen LogP contribution in [0.4, 0.5) is 0 Å². The van der Waals surface area contributed by atoms with E-state index < -0.39 is 0 Å². The van der Waals surface area contributed by atoms with Crippen molar-refractivity contribution in [1.82, 2.24) is 10.3 Å². The third kappa shape index (κ3) is 3.91. The highest BCUT2D eigenvalue weighted by Gasteiger charge is 2.11. The smallest absolute Gasteiger partial charge is 0.248 e. The molecule has 0 aliphatic heterocycles. The van der Waals surface area contributed by atoms with Gasteiger partial charge in [0.15, 0.2) is 0 Å². The molecule has 1 amide bonds. The van der Waals surface area contributed by atoms with E-state index >= 15 is 0 Å². The lowest BCUT2D eigenvalue weighted by Gasteiger charge is -2.20. The van der Waals surface area contributed by atoms with Gasteiger partial charge in [-0.1, -0.05) is 0 Å². The Labute approximate surface area is 72.1 Å². The highest BCUT2D eigenvalue weighted by molar-refractivity contribution is 5.77. The lowest BCUT2D eigenvalue weighted by molar-refractivity contribution is -0.122. The summed E-state index contributed by atoms with van der Waals surface area (Å²) in [5.74, 6) is 4.66. The van der Waals surface area contributed by atoms with Crippen LogP contribution in [0.5, 0.6) is 0 Å². The summed E-state index contributed by atoms with van der Waals surface area (Å²) in [4.78, 5) is 12.5. The molecule has 0 spiro atoms. The molecule has 0 rings (SSSR count). The highest BCUT2D eigenvalue weighted by Crippen LogP contribution is 1.98. The first-order valence-corrected chi connectivity index (χ1v) is 3.68. The van der Waals surface area contributed by atoms with Gasteiger partial charge in [-0.15, -0.1) is 0 Å². The van der Waals surface area contributed by atoms with Crippen molar-refractivity contribution in [3.05, 3.63) is 0 Å². The molecule has 0 fully saturated rings. The molecule has 1 unspecified atom stereocenters. The molecule has 68 valence electrons. The van der Waals surface area contributed by atoms with E-state index in [1.807, 2.05) is 18.4 Å². The monoisotopic (exact) mass is 170 g/mol. The van der Waals surface area contributed by atoms with Crippen LogP contribution < -0.4 is 11.3 Å². The molecule has 5 nitrogen and oxygen atoms in total. The Bertz CT molecular complexity index is 186. The molecule has 0 saturated heterocycles. The second-order valence-electron chi connectivity index (χ2n) is 2.69. The van der Waals surface area contributed by atoms with Crippen molar-refractivity contribution >= 4 is 5.91 Å². The maximum absolute atomic E-state index is 10.8. The molecule has 0 aromatic carbocycles. The van der Waals surface area contributed by atoms with Crippen LogP contribution in [0.2, 0.25) is 0 Å². The SMILES string of the molecule is CC(CC#N)N(C)CC(=O)NN. The predicted octanol–water partition coefficient (Wildman–Crippen LogP) is -0.790. The molecule has 0 aliphatic rings. The third-order valence-electron chi connectivity index (χ3n) is 1.69. The summed E-state index contributed by atoms with van der Waals surface area (Å²) in [6, 6.07) is 2.11. The second kappa shape index (κ2) is 5.52. The summed E-state index contributed by atoms with van der Waals surface area (Å²) < 4.78 is 0. The number of nitriles is 1. The van der Waals surface area contributed by atoms with Crippen LogP contribution >= 0.6 is 0 Å². The Morgan fingerprint density at radius 3 is 2.83 bits per heavy atom. The fraction of sp³-hybridized carbons (Fsp3) is 0.714. The van der Waals surface area contributed by atoms with Crippen LogP contribution in [-0.2, 0) is 4.79 Å². The number of nitrogens with two attached hydrogens (primary N) is 1. The van der Waals surface area contributed by atoms with Gasteiger partial charge in [-0.3, -0.25) is 15.1 Å². The van der Waals surface area contributed by atoms with Gasteiger partial charge < -0.3 is 0 Å². The summed E-state index contributed by atoms with van der Waals surface area (Å²) >= 11 is 0.